The van der Waals surface area contributed by atoms with Crippen molar-refractivity contribution in [1.29, 1.82) is 0 Å². The molecule has 0 saturated carbocycles. The summed E-state index contributed by atoms with van der Waals surface area (Å²) in [5, 5.41) is 14.9. The predicted octanol–water partition coefficient (Wildman–Crippen LogP) is 2.19. The third kappa shape index (κ3) is 9.46. The average Bonchev–Trinajstić information content (AvgIpc) is 3.41. The average molecular weight is 623 g/mol. The second-order valence-corrected chi connectivity index (χ2v) is 11.0. The molecule has 4 rings (SSSR count). The van der Waals surface area contributed by atoms with E-state index in [1.165, 1.54) is 11.6 Å². The zero-order valence-electron chi connectivity index (χ0n) is 26.0. The summed E-state index contributed by atoms with van der Waals surface area (Å²) >= 11 is 0. The minimum atomic E-state index is -1.20. The summed E-state index contributed by atoms with van der Waals surface area (Å²) < 4.78 is 1.42. The molecule has 3 atom stereocenters. The van der Waals surface area contributed by atoms with Crippen LogP contribution in [0, 0.1) is 6.92 Å². The number of carbonyl (C=O) groups excluding carboxylic acids is 5. The van der Waals surface area contributed by atoms with Gasteiger partial charge in [-0.25, -0.2) is 0 Å². The van der Waals surface area contributed by atoms with E-state index in [0.717, 1.165) is 16.7 Å². The lowest BCUT2D eigenvalue weighted by Gasteiger charge is -2.24. The molecule has 4 N–H and O–H groups in total. The molecule has 1 heterocycles. The molecule has 0 saturated heterocycles. The molecule has 1 aromatic heterocycles. The Kier molecular flexibility index (Phi) is 11.5. The fraction of sp³-hybridized carbons (Fsp3) is 0.257. The number of hydrogen-bond acceptors (Lipinski definition) is 6. The molecule has 0 bridgehead atoms. The van der Waals surface area contributed by atoms with Crippen LogP contribution in [0.3, 0.4) is 0 Å². The summed E-state index contributed by atoms with van der Waals surface area (Å²) in [6.07, 6.45) is 0.166. The van der Waals surface area contributed by atoms with Gasteiger partial charge >= 0.3 is 0 Å². The summed E-state index contributed by atoms with van der Waals surface area (Å²) in [7, 11) is 1.63. The van der Waals surface area contributed by atoms with Gasteiger partial charge in [0.25, 0.3) is 11.8 Å². The van der Waals surface area contributed by atoms with Gasteiger partial charge in [0.05, 0.1) is 5.69 Å². The van der Waals surface area contributed by atoms with E-state index >= 15 is 0 Å². The van der Waals surface area contributed by atoms with Crippen LogP contribution >= 0.6 is 0 Å². The van der Waals surface area contributed by atoms with Gasteiger partial charge in [0.15, 0.2) is 0 Å². The topological polar surface area (TPSA) is 151 Å². The van der Waals surface area contributed by atoms with E-state index in [9.17, 15) is 24.0 Å². The van der Waals surface area contributed by atoms with Gasteiger partial charge in [-0.3, -0.25) is 28.7 Å². The lowest BCUT2D eigenvalue weighted by atomic mass is 9.99. The predicted molar refractivity (Wildman–Crippen MR) is 172 cm³/mol. The second-order valence-electron chi connectivity index (χ2n) is 11.0. The van der Waals surface area contributed by atoms with Gasteiger partial charge < -0.3 is 21.3 Å². The number of ketones is 1. The Balaban J connectivity index is 1.50. The van der Waals surface area contributed by atoms with Gasteiger partial charge in [-0.15, -0.1) is 0 Å². The Hall–Kier alpha value is -5.58. The summed E-state index contributed by atoms with van der Waals surface area (Å²) in [6, 6.07) is 25.5. The molecule has 0 aliphatic heterocycles. The third-order valence-corrected chi connectivity index (χ3v) is 7.33. The lowest BCUT2D eigenvalue weighted by Crippen LogP contribution is -2.57. The van der Waals surface area contributed by atoms with Gasteiger partial charge in [0.1, 0.15) is 23.8 Å². The molecule has 238 valence electrons. The molecule has 0 aliphatic carbocycles. The first-order valence-corrected chi connectivity index (χ1v) is 15.0. The standard InChI is InChI=1S/C35H38N6O5/c1-23-19-30(41(3)40-23)34(45)37-24(2)32(43)39-29(21-26-15-9-5-10-16-26)33(44)38-28(20-25-13-7-4-8-14-25)31(42)35(46)36-22-27-17-11-6-12-18-27/h4-19,24,28-29H,20-22H2,1-3H3,(H,36,46)(H,37,45)(H,38,44)(H,39,43)/t24-,28-,29-/m0/s1. The Morgan fingerprint density at radius 3 is 1.72 bits per heavy atom. The van der Waals surface area contributed by atoms with Crippen LogP contribution in [-0.4, -0.2) is 57.3 Å². The Labute approximate surface area is 267 Å². The highest BCUT2D eigenvalue weighted by molar-refractivity contribution is 6.38. The molecular weight excluding hydrogens is 584 g/mol. The number of aromatic nitrogens is 2. The van der Waals surface area contributed by atoms with Crippen LogP contribution in [0.1, 0.15) is 39.8 Å². The van der Waals surface area contributed by atoms with Gasteiger partial charge in [-0.2, -0.15) is 5.10 Å². The lowest BCUT2D eigenvalue weighted by molar-refractivity contribution is -0.140. The fourth-order valence-electron chi connectivity index (χ4n) is 4.87. The first-order chi connectivity index (χ1) is 22.1. The summed E-state index contributed by atoms with van der Waals surface area (Å²) in [5.74, 6) is -3.40. The first-order valence-electron chi connectivity index (χ1n) is 15.0. The summed E-state index contributed by atoms with van der Waals surface area (Å²) in [5.41, 5.74) is 3.25. The largest absolute Gasteiger partial charge is 0.345 e. The van der Waals surface area contributed by atoms with E-state index in [1.54, 1.807) is 44.3 Å². The van der Waals surface area contributed by atoms with E-state index in [-0.39, 0.29) is 25.1 Å². The Bertz CT molecular complexity index is 1660. The van der Waals surface area contributed by atoms with Gasteiger partial charge in [-0.1, -0.05) is 91.0 Å². The minimum absolute atomic E-state index is 0.0623. The van der Waals surface area contributed by atoms with E-state index in [2.05, 4.69) is 26.4 Å². The van der Waals surface area contributed by atoms with Crippen molar-refractivity contribution in [1.82, 2.24) is 31.0 Å². The van der Waals surface area contributed by atoms with Crippen molar-refractivity contribution in [3.05, 3.63) is 125 Å². The second kappa shape index (κ2) is 15.9. The van der Waals surface area contributed by atoms with Crippen molar-refractivity contribution < 1.29 is 24.0 Å². The van der Waals surface area contributed by atoms with Crippen LogP contribution in [0.5, 0.6) is 0 Å². The van der Waals surface area contributed by atoms with E-state index in [0.29, 0.717) is 5.69 Å². The van der Waals surface area contributed by atoms with Crippen molar-refractivity contribution >= 4 is 29.4 Å². The van der Waals surface area contributed by atoms with E-state index in [4.69, 9.17) is 0 Å². The number of hydrogen-bond donors (Lipinski definition) is 4. The van der Waals surface area contributed by atoms with E-state index in [1.807, 2.05) is 66.7 Å². The number of benzene rings is 3. The normalized spacial score (nSPS) is 12.7. The van der Waals surface area contributed by atoms with Crippen molar-refractivity contribution in [2.75, 3.05) is 0 Å². The molecular formula is C35H38N6O5. The monoisotopic (exact) mass is 622 g/mol. The quantitative estimate of drug-likeness (QED) is 0.158. The molecule has 11 nitrogen and oxygen atoms in total. The number of rotatable bonds is 14. The summed E-state index contributed by atoms with van der Waals surface area (Å²) in [6.45, 7) is 3.40. The van der Waals surface area contributed by atoms with Gasteiger partial charge in [0, 0.05) is 26.4 Å². The fourth-order valence-corrected chi connectivity index (χ4v) is 4.87. The molecule has 4 aromatic rings. The highest BCUT2D eigenvalue weighted by Gasteiger charge is 2.31. The maximum Gasteiger partial charge on any atom is 0.289 e. The number of amides is 4. The Morgan fingerprint density at radius 1 is 0.696 bits per heavy atom. The third-order valence-electron chi connectivity index (χ3n) is 7.33. The van der Waals surface area contributed by atoms with Crippen molar-refractivity contribution in [3.8, 4) is 0 Å². The molecule has 0 aliphatic rings. The number of Topliss-reactive ketones (excluding diaryl/α,β-unsaturated/α-hetero) is 1. The maximum absolute atomic E-state index is 13.8. The zero-order valence-corrected chi connectivity index (χ0v) is 26.0. The number of aryl methyl sites for hydroxylation is 2. The van der Waals surface area contributed by atoms with Crippen LogP contribution in [-0.2, 0) is 45.6 Å². The number of nitrogens with zero attached hydrogens (tertiary/aromatic N) is 2. The molecule has 3 aromatic carbocycles. The van der Waals surface area contributed by atoms with Crippen molar-refractivity contribution in [3.63, 3.8) is 0 Å². The molecule has 11 heteroatoms. The van der Waals surface area contributed by atoms with Crippen LogP contribution in [0.2, 0.25) is 0 Å². The van der Waals surface area contributed by atoms with Gasteiger partial charge in [0.2, 0.25) is 17.6 Å². The molecule has 0 radical (unpaired) electrons. The number of nitrogens with one attached hydrogen (secondary N) is 4. The SMILES string of the molecule is Cc1cc(C(=O)N[C@@H](C)C(=O)N[C@@H](Cc2ccccc2)C(=O)N[C@@H](Cc2ccccc2)C(=O)C(=O)NCc2ccccc2)n(C)n1. The minimum Gasteiger partial charge on any atom is -0.345 e. The molecule has 0 spiro atoms. The van der Waals surface area contributed by atoms with Crippen LogP contribution in [0.25, 0.3) is 0 Å². The highest BCUT2D eigenvalue weighted by atomic mass is 16.2. The van der Waals surface area contributed by atoms with E-state index < -0.39 is 47.5 Å². The smallest absolute Gasteiger partial charge is 0.289 e. The van der Waals surface area contributed by atoms with Gasteiger partial charge in [-0.05, 0) is 36.6 Å². The molecule has 4 amide bonds. The van der Waals surface area contributed by atoms with Crippen LogP contribution < -0.4 is 21.3 Å². The zero-order chi connectivity index (χ0) is 33.1. The van der Waals surface area contributed by atoms with Crippen LogP contribution in [0.4, 0.5) is 0 Å². The van der Waals surface area contributed by atoms with Crippen molar-refractivity contribution in [2.24, 2.45) is 7.05 Å². The Morgan fingerprint density at radius 2 is 1.20 bits per heavy atom. The highest BCUT2D eigenvalue weighted by Crippen LogP contribution is 2.09. The van der Waals surface area contributed by atoms with Crippen LogP contribution in [0.15, 0.2) is 97.1 Å². The number of carbonyl (C=O) groups is 5. The van der Waals surface area contributed by atoms with Crippen molar-refractivity contribution in [2.45, 2.75) is 51.4 Å². The molecule has 0 unspecified atom stereocenters. The molecule has 46 heavy (non-hydrogen) atoms. The maximum atomic E-state index is 13.8. The summed E-state index contributed by atoms with van der Waals surface area (Å²) in [4.78, 5) is 66.3. The molecule has 0 fully saturated rings. The first kappa shape index (κ1) is 33.3.